The summed E-state index contributed by atoms with van der Waals surface area (Å²) in [6.45, 7) is 0. The lowest BCUT2D eigenvalue weighted by Crippen LogP contribution is -2.18. The standard InChI is InChI=1S/C10H9ClN4S/c11-7-4-2-1-3-6(7)8-5-9(15-14-8)13-10(12)16/h1-5H,(H4,12,13,14,15,16). The van der Waals surface area contributed by atoms with Crippen LogP contribution < -0.4 is 11.1 Å². The number of aromatic nitrogens is 2. The van der Waals surface area contributed by atoms with E-state index >= 15 is 0 Å². The molecule has 0 fully saturated rings. The minimum Gasteiger partial charge on any atom is -0.376 e. The second-order valence-corrected chi connectivity index (χ2v) is 3.98. The van der Waals surface area contributed by atoms with E-state index in [0.29, 0.717) is 10.8 Å². The van der Waals surface area contributed by atoms with Crippen molar-refractivity contribution in [2.75, 3.05) is 5.32 Å². The van der Waals surface area contributed by atoms with Crippen molar-refractivity contribution in [1.29, 1.82) is 0 Å². The minimum absolute atomic E-state index is 0.178. The predicted octanol–water partition coefficient (Wildman–Crippen LogP) is 2.39. The van der Waals surface area contributed by atoms with Crippen LogP contribution in [0.2, 0.25) is 5.02 Å². The molecule has 0 atom stereocenters. The first-order valence-corrected chi connectivity index (χ1v) is 5.32. The Morgan fingerprint density at radius 3 is 2.88 bits per heavy atom. The Morgan fingerprint density at radius 1 is 1.44 bits per heavy atom. The van der Waals surface area contributed by atoms with Crippen molar-refractivity contribution in [3.63, 3.8) is 0 Å². The van der Waals surface area contributed by atoms with Gasteiger partial charge in [0.05, 0.1) is 5.69 Å². The van der Waals surface area contributed by atoms with E-state index in [1.165, 1.54) is 0 Å². The molecular weight excluding hydrogens is 244 g/mol. The number of thiocarbonyl (C=S) groups is 1. The Morgan fingerprint density at radius 2 is 2.19 bits per heavy atom. The molecule has 0 unspecified atom stereocenters. The summed E-state index contributed by atoms with van der Waals surface area (Å²) in [5.41, 5.74) is 7.03. The van der Waals surface area contributed by atoms with E-state index < -0.39 is 0 Å². The molecule has 1 aromatic carbocycles. The number of H-pyrrole nitrogens is 1. The summed E-state index contributed by atoms with van der Waals surface area (Å²) < 4.78 is 0. The van der Waals surface area contributed by atoms with Gasteiger partial charge < -0.3 is 11.1 Å². The van der Waals surface area contributed by atoms with E-state index in [0.717, 1.165) is 11.3 Å². The quantitative estimate of drug-likeness (QED) is 0.718. The van der Waals surface area contributed by atoms with Crippen molar-refractivity contribution < 1.29 is 0 Å². The number of halogens is 1. The fraction of sp³-hybridized carbons (Fsp3) is 0. The minimum atomic E-state index is 0.178. The van der Waals surface area contributed by atoms with E-state index in [1.807, 2.05) is 24.3 Å². The van der Waals surface area contributed by atoms with Crippen molar-refractivity contribution >= 4 is 34.7 Å². The maximum Gasteiger partial charge on any atom is 0.169 e. The molecule has 1 heterocycles. The molecule has 0 saturated carbocycles. The molecule has 0 aliphatic heterocycles. The van der Waals surface area contributed by atoms with E-state index in [4.69, 9.17) is 29.6 Å². The third kappa shape index (κ3) is 2.32. The monoisotopic (exact) mass is 252 g/mol. The first kappa shape index (κ1) is 10.9. The number of nitrogens with one attached hydrogen (secondary N) is 2. The van der Waals surface area contributed by atoms with E-state index in [2.05, 4.69) is 15.5 Å². The zero-order valence-corrected chi connectivity index (χ0v) is 9.77. The third-order valence-electron chi connectivity index (χ3n) is 1.99. The molecule has 2 rings (SSSR count). The summed E-state index contributed by atoms with van der Waals surface area (Å²) in [6, 6.07) is 9.29. The molecule has 4 nitrogen and oxygen atoms in total. The summed E-state index contributed by atoms with van der Waals surface area (Å²) in [5, 5.41) is 10.4. The van der Waals surface area contributed by atoms with Crippen LogP contribution in [0.5, 0.6) is 0 Å². The van der Waals surface area contributed by atoms with Crippen LogP contribution in [0.25, 0.3) is 11.3 Å². The molecule has 0 bridgehead atoms. The number of nitrogens with two attached hydrogens (primary N) is 1. The molecule has 0 aliphatic carbocycles. The smallest absolute Gasteiger partial charge is 0.169 e. The van der Waals surface area contributed by atoms with Crippen molar-refractivity contribution in [3.8, 4) is 11.3 Å². The lowest BCUT2D eigenvalue weighted by Gasteiger charge is -1.99. The lowest BCUT2D eigenvalue weighted by molar-refractivity contribution is 1.10. The maximum absolute atomic E-state index is 6.06. The lowest BCUT2D eigenvalue weighted by atomic mass is 10.1. The molecule has 1 aromatic heterocycles. The highest BCUT2D eigenvalue weighted by molar-refractivity contribution is 7.80. The van der Waals surface area contributed by atoms with E-state index in [9.17, 15) is 0 Å². The van der Waals surface area contributed by atoms with Gasteiger partial charge in [0.15, 0.2) is 10.9 Å². The van der Waals surface area contributed by atoms with Gasteiger partial charge >= 0.3 is 0 Å². The molecule has 2 aromatic rings. The molecular formula is C10H9ClN4S. The molecule has 4 N–H and O–H groups in total. The van der Waals surface area contributed by atoms with E-state index in [1.54, 1.807) is 6.07 Å². The van der Waals surface area contributed by atoms with Gasteiger partial charge in [-0.25, -0.2) is 0 Å². The average molecular weight is 253 g/mol. The van der Waals surface area contributed by atoms with Crippen LogP contribution in [0.15, 0.2) is 30.3 Å². The number of rotatable bonds is 2. The normalized spacial score (nSPS) is 10.1. The van der Waals surface area contributed by atoms with Gasteiger partial charge in [0.2, 0.25) is 0 Å². The second-order valence-electron chi connectivity index (χ2n) is 3.14. The number of nitrogens with zero attached hydrogens (tertiary/aromatic N) is 1. The Balaban J connectivity index is 2.32. The summed E-state index contributed by atoms with van der Waals surface area (Å²) >= 11 is 10.8. The van der Waals surface area contributed by atoms with Crippen molar-refractivity contribution in [2.24, 2.45) is 5.73 Å². The van der Waals surface area contributed by atoms with Gasteiger partial charge in [-0.3, -0.25) is 5.10 Å². The van der Waals surface area contributed by atoms with Crippen LogP contribution in [-0.4, -0.2) is 15.3 Å². The van der Waals surface area contributed by atoms with Gasteiger partial charge in [0.25, 0.3) is 0 Å². The first-order valence-electron chi connectivity index (χ1n) is 4.53. The summed E-state index contributed by atoms with van der Waals surface area (Å²) in [7, 11) is 0. The highest BCUT2D eigenvalue weighted by atomic mass is 35.5. The number of aromatic amines is 1. The largest absolute Gasteiger partial charge is 0.376 e. The molecule has 0 radical (unpaired) electrons. The highest BCUT2D eigenvalue weighted by Gasteiger charge is 2.06. The summed E-state index contributed by atoms with van der Waals surface area (Å²) in [6.07, 6.45) is 0. The van der Waals surface area contributed by atoms with Gasteiger partial charge in [0, 0.05) is 16.7 Å². The molecule has 16 heavy (non-hydrogen) atoms. The van der Waals surface area contributed by atoms with E-state index in [-0.39, 0.29) is 5.11 Å². The second kappa shape index (κ2) is 4.51. The number of hydrogen-bond acceptors (Lipinski definition) is 2. The molecule has 0 aliphatic rings. The van der Waals surface area contributed by atoms with Crippen molar-refractivity contribution in [2.45, 2.75) is 0 Å². The fourth-order valence-corrected chi connectivity index (χ4v) is 1.67. The summed E-state index contributed by atoms with van der Waals surface area (Å²) in [5.74, 6) is 0.572. The molecule has 0 spiro atoms. The van der Waals surface area contributed by atoms with Gasteiger partial charge in [-0.1, -0.05) is 29.8 Å². The SMILES string of the molecule is NC(=S)Nc1cc(-c2ccccc2Cl)[nH]n1. The Hall–Kier alpha value is -1.59. The van der Waals surface area contributed by atoms with Crippen molar-refractivity contribution in [3.05, 3.63) is 35.4 Å². The van der Waals surface area contributed by atoms with Crippen LogP contribution in [0.1, 0.15) is 0 Å². The topological polar surface area (TPSA) is 66.7 Å². The zero-order valence-electron chi connectivity index (χ0n) is 8.20. The number of hydrogen-bond donors (Lipinski definition) is 3. The average Bonchev–Trinajstić information content (AvgIpc) is 2.66. The van der Waals surface area contributed by atoms with Crippen LogP contribution in [0.4, 0.5) is 5.82 Å². The Bertz CT molecular complexity index is 523. The maximum atomic E-state index is 6.06. The van der Waals surface area contributed by atoms with Crippen molar-refractivity contribution in [1.82, 2.24) is 10.2 Å². The van der Waals surface area contributed by atoms with Crippen LogP contribution in [-0.2, 0) is 0 Å². The number of benzene rings is 1. The Kier molecular flexibility index (Phi) is 3.07. The third-order valence-corrected chi connectivity index (χ3v) is 2.42. The first-order chi connectivity index (χ1) is 7.66. The molecule has 82 valence electrons. The zero-order chi connectivity index (χ0) is 11.5. The van der Waals surface area contributed by atoms with Crippen LogP contribution in [0, 0.1) is 0 Å². The number of anilines is 1. The van der Waals surface area contributed by atoms with Gasteiger partial charge in [-0.15, -0.1) is 0 Å². The predicted molar refractivity (Wildman–Crippen MR) is 69.4 cm³/mol. The summed E-state index contributed by atoms with van der Waals surface area (Å²) in [4.78, 5) is 0. The molecule has 0 amide bonds. The van der Waals surface area contributed by atoms with Crippen LogP contribution in [0.3, 0.4) is 0 Å². The molecule has 6 heteroatoms. The fourth-order valence-electron chi connectivity index (χ4n) is 1.33. The van der Waals surface area contributed by atoms with Crippen LogP contribution >= 0.6 is 23.8 Å². The molecule has 0 saturated heterocycles. The highest BCUT2D eigenvalue weighted by Crippen LogP contribution is 2.26. The Labute approximate surface area is 103 Å². The van der Waals surface area contributed by atoms with Gasteiger partial charge in [-0.2, -0.15) is 5.10 Å². The van der Waals surface area contributed by atoms with Gasteiger partial charge in [0.1, 0.15) is 0 Å². The van der Waals surface area contributed by atoms with Gasteiger partial charge in [-0.05, 0) is 18.3 Å².